The minimum atomic E-state index is 0.700. The van der Waals surface area contributed by atoms with Crippen molar-refractivity contribution < 1.29 is 0 Å². The number of hydrogen-bond acceptors (Lipinski definition) is 1. The molecule has 0 bridgehead atoms. The normalized spacial score (nSPS) is 21.5. The molecule has 1 aliphatic carbocycles. The molecule has 1 atom stereocenters. The summed E-state index contributed by atoms with van der Waals surface area (Å²) in [6.45, 7) is 7.98. The highest BCUT2D eigenvalue weighted by molar-refractivity contribution is 4.99. The van der Waals surface area contributed by atoms with E-state index in [9.17, 15) is 0 Å². The Morgan fingerprint density at radius 3 is 2.38 bits per heavy atom. The van der Waals surface area contributed by atoms with Crippen LogP contribution in [0.4, 0.5) is 0 Å². The number of hydrogen-bond donors (Lipinski definition) is 1. The topological polar surface area (TPSA) is 12.0 Å². The second-order valence-corrected chi connectivity index (χ2v) is 4.60. The van der Waals surface area contributed by atoms with E-state index in [0.717, 1.165) is 12.6 Å². The Kier molecular flexibility index (Phi) is 4.24. The fourth-order valence-corrected chi connectivity index (χ4v) is 2.31. The summed E-state index contributed by atoms with van der Waals surface area (Å²) in [4.78, 5) is 0. The zero-order valence-electron chi connectivity index (χ0n) is 9.53. The standard InChI is InChI=1S/C12H25N/c1-4-6-7-8-12(9-10-12)11(3)13-5-2/h11,13H,4-10H2,1-3H3. The molecule has 1 heteroatoms. The van der Waals surface area contributed by atoms with Crippen LogP contribution in [-0.2, 0) is 0 Å². The van der Waals surface area contributed by atoms with Gasteiger partial charge in [0.2, 0.25) is 0 Å². The van der Waals surface area contributed by atoms with E-state index in [1.807, 2.05) is 0 Å². The molecule has 0 spiro atoms. The maximum absolute atomic E-state index is 3.58. The second kappa shape index (κ2) is 4.99. The Hall–Kier alpha value is -0.0400. The SMILES string of the molecule is CCCCCC1(C(C)NCC)CC1. The van der Waals surface area contributed by atoms with Crippen LogP contribution in [0, 0.1) is 5.41 Å². The minimum Gasteiger partial charge on any atom is -0.314 e. The van der Waals surface area contributed by atoms with Gasteiger partial charge in [0.05, 0.1) is 0 Å². The monoisotopic (exact) mass is 183 g/mol. The molecule has 0 aromatic heterocycles. The van der Waals surface area contributed by atoms with Crippen LogP contribution in [-0.4, -0.2) is 12.6 Å². The lowest BCUT2D eigenvalue weighted by molar-refractivity contribution is 0.324. The fraction of sp³-hybridized carbons (Fsp3) is 1.00. The molecule has 1 saturated carbocycles. The van der Waals surface area contributed by atoms with Crippen LogP contribution in [0.5, 0.6) is 0 Å². The van der Waals surface area contributed by atoms with Crippen LogP contribution >= 0.6 is 0 Å². The van der Waals surface area contributed by atoms with Gasteiger partial charge in [0.15, 0.2) is 0 Å². The predicted molar refractivity (Wildman–Crippen MR) is 58.9 cm³/mol. The van der Waals surface area contributed by atoms with E-state index in [1.54, 1.807) is 0 Å². The summed E-state index contributed by atoms with van der Waals surface area (Å²) in [5, 5.41) is 3.58. The van der Waals surface area contributed by atoms with Crippen molar-refractivity contribution in [2.75, 3.05) is 6.54 Å². The van der Waals surface area contributed by atoms with Gasteiger partial charge in [-0.2, -0.15) is 0 Å². The summed E-state index contributed by atoms with van der Waals surface area (Å²) in [6.07, 6.45) is 8.59. The van der Waals surface area contributed by atoms with E-state index in [4.69, 9.17) is 0 Å². The molecule has 1 rings (SSSR count). The van der Waals surface area contributed by atoms with Crippen molar-refractivity contribution in [3.8, 4) is 0 Å². The van der Waals surface area contributed by atoms with Crippen LogP contribution in [0.15, 0.2) is 0 Å². The smallest absolute Gasteiger partial charge is 0.00950 e. The minimum absolute atomic E-state index is 0.700. The van der Waals surface area contributed by atoms with E-state index in [-0.39, 0.29) is 0 Å². The summed E-state index contributed by atoms with van der Waals surface area (Å²) in [5.74, 6) is 0. The highest BCUT2D eigenvalue weighted by Gasteiger charge is 2.45. The van der Waals surface area contributed by atoms with Gasteiger partial charge in [-0.15, -0.1) is 0 Å². The highest BCUT2D eigenvalue weighted by Crippen LogP contribution is 2.52. The van der Waals surface area contributed by atoms with Gasteiger partial charge < -0.3 is 5.32 Å². The molecule has 78 valence electrons. The third-order valence-corrected chi connectivity index (χ3v) is 3.60. The van der Waals surface area contributed by atoms with Gasteiger partial charge in [-0.25, -0.2) is 0 Å². The van der Waals surface area contributed by atoms with E-state index in [2.05, 4.69) is 26.1 Å². The Bertz CT molecular complexity index is 138. The van der Waals surface area contributed by atoms with Crippen LogP contribution in [0.3, 0.4) is 0 Å². The Morgan fingerprint density at radius 1 is 1.23 bits per heavy atom. The molecule has 0 heterocycles. The van der Waals surface area contributed by atoms with Crippen molar-refractivity contribution in [1.29, 1.82) is 0 Å². The first-order chi connectivity index (χ1) is 6.25. The van der Waals surface area contributed by atoms with Crippen LogP contribution < -0.4 is 5.32 Å². The largest absolute Gasteiger partial charge is 0.314 e. The lowest BCUT2D eigenvalue weighted by atomic mass is 9.91. The molecule has 0 aliphatic heterocycles. The number of nitrogens with one attached hydrogen (secondary N) is 1. The van der Waals surface area contributed by atoms with E-state index >= 15 is 0 Å². The summed E-state index contributed by atoms with van der Waals surface area (Å²) in [7, 11) is 0. The van der Waals surface area contributed by atoms with Crippen LogP contribution in [0.25, 0.3) is 0 Å². The zero-order chi connectivity index (χ0) is 9.73. The molecule has 1 aliphatic rings. The van der Waals surface area contributed by atoms with Gasteiger partial charge in [0, 0.05) is 6.04 Å². The summed E-state index contributed by atoms with van der Waals surface area (Å²) >= 11 is 0. The Balaban J connectivity index is 2.21. The average Bonchev–Trinajstić information content (AvgIpc) is 2.87. The summed E-state index contributed by atoms with van der Waals surface area (Å²) in [5.41, 5.74) is 0.700. The molecule has 0 aromatic carbocycles. The van der Waals surface area contributed by atoms with Crippen molar-refractivity contribution >= 4 is 0 Å². The third kappa shape index (κ3) is 2.98. The molecule has 0 radical (unpaired) electrons. The first-order valence-electron chi connectivity index (χ1n) is 5.98. The van der Waals surface area contributed by atoms with Crippen molar-refractivity contribution in [1.82, 2.24) is 5.32 Å². The van der Waals surface area contributed by atoms with Crippen LogP contribution in [0.1, 0.15) is 59.3 Å². The van der Waals surface area contributed by atoms with Crippen molar-refractivity contribution in [2.45, 2.75) is 65.3 Å². The maximum Gasteiger partial charge on any atom is 0.00950 e. The molecule has 0 amide bonds. The second-order valence-electron chi connectivity index (χ2n) is 4.60. The molecular weight excluding hydrogens is 158 g/mol. The van der Waals surface area contributed by atoms with Crippen molar-refractivity contribution in [3.05, 3.63) is 0 Å². The average molecular weight is 183 g/mol. The van der Waals surface area contributed by atoms with Gasteiger partial charge >= 0.3 is 0 Å². The predicted octanol–water partition coefficient (Wildman–Crippen LogP) is 3.34. The molecule has 1 unspecified atom stereocenters. The van der Waals surface area contributed by atoms with Gasteiger partial charge in [-0.3, -0.25) is 0 Å². The third-order valence-electron chi connectivity index (χ3n) is 3.60. The first-order valence-corrected chi connectivity index (χ1v) is 5.98. The Morgan fingerprint density at radius 2 is 1.92 bits per heavy atom. The van der Waals surface area contributed by atoms with Gasteiger partial charge in [0.1, 0.15) is 0 Å². The lowest BCUT2D eigenvalue weighted by Gasteiger charge is -2.24. The van der Waals surface area contributed by atoms with Crippen LogP contribution in [0.2, 0.25) is 0 Å². The van der Waals surface area contributed by atoms with Gasteiger partial charge in [-0.05, 0) is 38.1 Å². The molecule has 13 heavy (non-hydrogen) atoms. The van der Waals surface area contributed by atoms with Crippen molar-refractivity contribution in [3.63, 3.8) is 0 Å². The molecule has 0 saturated heterocycles. The quantitative estimate of drug-likeness (QED) is 0.597. The highest BCUT2D eigenvalue weighted by atomic mass is 14.9. The number of rotatable bonds is 7. The molecule has 0 aromatic rings. The first kappa shape index (κ1) is 11.0. The summed E-state index contributed by atoms with van der Waals surface area (Å²) < 4.78 is 0. The maximum atomic E-state index is 3.58. The van der Waals surface area contributed by atoms with Crippen molar-refractivity contribution in [2.24, 2.45) is 5.41 Å². The molecule has 1 N–H and O–H groups in total. The zero-order valence-corrected chi connectivity index (χ0v) is 9.53. The number of unbranched alkanes of at least 4 members (excludes halogenated alkanes) is 2. The van der Waals surface area contributed by atoms with Gasteiger partial charge in [0.25, 0.3) is 0 Å². The van der Waals surface area contributed by atoms with E-state index < -0.39 is 0 Å². The van der Waals surface area contributed by atoms with Gasteiger partial charge in [-0.1, -0.05) is 33.1 Å². The molecule has 1 fully saturated rings. The molecule has 1 nitrogen and oxygen atoms in total. The Labute approximate surface area is 83.3 Å². The lowest BCUT2D eigenvalue weighted by Crippen LogP contribution is -2.34. The van der Waals surface area contributed by atoms with E-state index in [1.165, 1.54) is 38.5 Å². The fourth-order valence-electron chi connectivity index (χ4n) is 2.31. The molecular formula is C12H25N. The van der Waals surface area contributed by atoms with E-state index in [0.29, 0.717) is 5.41 Å². The summed E-state index contributed by atoms with van der Waals surface area (Å²) in [6, 6.07) is 0.745.